The maximum atomic E-state index is 12.5. The van der Waals surface area contributed by atoms with Crippen molar-refractivity contribution in [1.29, 1.82) is 0 Å². The molecule has 0 radical (unpaired) electrons. The average molecular weight is 363 g/mol. The van der Waals surface area contributed by atoms with Gasteiger partial charge in [-0.3, -0.25) is 4.90 Å². The largest absolute Gasteiger partial charge is 0.444 e. The van der Waals surface area contributed by atoms with Crippen molar-refractivity contribution in [2.24, 2.45) is 0 Å². The number of nitrogens with zero attached hydrogens (tertiary/aromatic N) is 2. The van der Waals surface area contributed by atoms with Crippen molar-refractivity contribution in [1.82, 2.24) is 9.88 Å². The summed E-state index contributed by atoms with van der Waals surface area (Å²) < 4.78 is 11.2. The molecule has 8 heteroatoms. The van der Waals surface area contributed by atoms with Crippen molar-refractivity contribution in [2.75, 3.05) is 6.61 Å². The fourth-order valence-corrected chi connectivity index (χ4v) is 3.60. The van der Waals surface area contributed by atoms with Gasteiger partial charge in [-0.15, -0.1) is 11.3 Å². The van der Waals surface area contributed by atoms with E-state index in [1.165, 1.54) is 11.3 Å². The average Bonchev–Trinajstić information content (AvgIpc) is 2.91. The van der Waals surface area contributed by atoms with Crippen LogP contribution in [0.2, 0.25) is 5.15 Å². The summed E-state index contributed by atoms with van der Waals surface area (Å²) in [5.74, 6) is 0. The van der Waals surface area contributed by atoms with Crippen molar-refractivity contribution >= 4 is 29.0 Å². The van der Waals surface area contributed by atoms with E-state index in [0.717, 1.165) is 0 Å². The van der Waals surface area contributed by atoms with Gasteiger partial charge in [0, 0.05) is 6.42 Å². The third kappa shape index (κ3) is 4.35. The van der Waals surface area contributed by atoms with Crippen LogP contribution in [0.3, 0.4) is 0 Å². The number of hydrogen-bond donors (Lipinski definition) is 1. The van der Waals surface area contributed by atoms with Crippen molar-refractivity contribution in [3.05, 3.63) is 15.5 Å². The zero-order chi connectivity index (χ0) is 17.4. The summed E-state index contributed by atoms with van der Waals surface area (Å²) in [6.07, 6.45) is -0.944. The molecule has 2 heterocycles. The number of aromatic nitrogens is 1. The molecule has 1 fully saturated rings. The van der Waals surface area contributed by atoms with Crippen LogP contribution in [0, 0.1) is 0 Å². The second-order valence-electron chi connectivity index (χ2n) is 7.02. The van der Waals surface area contributed by atoms with E-state index < -0.39 is 23.5 Å². The normalized spacial score (nSPS) is 22.2. The second kappa shape index (κ2) is 6.55. The molecule has 1 saturated heterocycles. The summed E-state index contributed by atoms with van der Waals surface area (Å²) in [6.45, 7) is 9.40. The Morgan fingerprint density at radius 1 is 1.65 bits per heavy atom. The number of aliphatic hydroxyl groups excluding tert-OH is 1. The molecule has 1 aromatic rings. The fraction of sp³-hybridized carbons (Fsp3) is 0.733. The first kappa shape index (κ1) is 18.4. The van der Waals surface area contributed by atoms with Crippen LogP contribution in [-0.2, 0) is 9.47 Å². The lowest BCUT2D eigenvalue weighted by Crippen LogP contribution is -2.50. The van der Waals surface area contributed by atoms with Gasteiger partial charge in [-0.25, -0.2) is 9.78 Å². The van der Waals surface area contributed by atoms with Gasteiger partial charge in [0.15, 0.2) is 0 Å². The summed E-state index contributed by atoms with van der Waals surface area (Å²) in [6, 6.07) is -0.298. The third-order valence-electron chi connectivity index (χ3n) is 3.51. The molecular formula is C15H23ClN2O4S. The smallest absolute Gasteiger partial charge is 0.412 e. The molecule has 0 unspecified atom stereocenters. The molecule has 0 aliphatic carbocycles. The maximum Gasteiger partial charge on any atom is 0.412 e. The van der Waals surface area contributed by atoms with Gasteiger partial charge in [-0.2, -0.15) is 0 Å². The fourth-order valence-electron chi connectivity index (χ4n) is 2.56. The highest BCUT2D eigenvalue weighted by molar-refractivity contribution is 7.10. The Morgan fingerprint density at radius 3 is 2.83 bits per heavy atom. The highest BCUT2D eigenvalue weighted by atomic mass is 35.5. The summed E-state index contributed by atoms with van der Waals surface area (Å²) >= 11 is 7.26. The molecule has 0 bridgehead atoms. The first-order valence-electron chi connectivity index (χ1n) is 7.44. The number of carbonyl (C=O) groups is 1. The van der Waals surface area contributed by atoms with Gasteiger partial charge in [0.1, 0.15) is 16.5 Å². The van der Waals surface area contributed by atoms with Crippen LogP contribution in [0.15, 0.2) is 5.51 Å². The molecule has 2 rings (SSSR count). The molecule has 23 heavy (non-hydrogen) atoms. The molecule has 1 N–H and O–H groups in total. The lowest BCUT2D eigenvalue weighted by Gasteiger charge is -2.35. The van der Waals surface area contributed by atoms with Crippen LogP contribution in [0.5, 0.6) is 0 Å². The molecule has 1 aliphatic heterocycles. The van der Waals surface area contributed by atoms with Crippen LogP contribution >= 0.6 is 22.9 Å². The van der Waals surface area contributed by atoms with Gasteiger partial charge in [-0.05, 0) is 34.6 Å². The molecule has 1 amide bonds. The van der Waals surface area contributed by atoms with Crippen molar-refractivity contribution < 1.29 is 19.4 Å². The Hall–Kier alpha value is -0.890. The monoisotopic (exact) mass is 362 g/mol. The number of amides is 1. The van der Waals surface area contributed by atoms with E-state index in [9.17, 15) is 9.90 Å². The van der Waals surface area contributed by atoms with E-state index >= 15 is 0 Å². The first-order chi connectivity index (χ1) is 10.5. The minimum atomic E-state index is -0.803. The van der Waals surface area contributed by atoms with Crippen molar-refractivity contribution in [2.45, 2.75) is 64.5 Å². The van der Waals surface area contributed by atoms with E-state index in [1.54, 1.807) is 10.4 Å². The minimum Gasteiger partial charge on any atom is -0.444 e. The lowest BCUT2D eigenvalue weighted by atomic mass is 10.1. The van der Waals surface area contributed by atoms with Crippen LogP contribution in [-0.4, -0.2) is 45.1 Å². The predicted molar refractivity (Wildman–Crippen MR) is 88.6 cm³/mol. The van der Waals surface area contributed by atoms with E-state index in [-0.39, 0.29) is 6.04 Å². The highest BCUT2D eigenvalue weighted by Gasteiger charge is 2.46. The molecule has 2 atom stereocenters. The van der Waals surface area contributed by atoms with E-state index in [1.807, 2.05) is 34.6 Å². The van der Waals surface area contributed by atoms with E-state index in [2.05, 4.69) is 4.98 Å². The van der Waals surface area contributed by atoms with Gasteiger partial charge in [-0.1, -0.05) is 11.6 Å². The molecule has 0 aromatic carbocycles. The molecule has 0 saturated carbocycles. The zero-order valence-corrected chi connectivity index (χ0v) is 15.6. The van der Waals surface area contributed by atoms with E-state index in [0.29, 0.717) is 23.1 Å². The Balaban J connectivity index is 2.14. The number of thiazole rings is 1. The van der Waals surface area contributed by atoms with Gasteiger partial charge < -0.3 is 14.6 Å². The van der Waals surface area contributed by atoms with Gasteiger partial charge >= 0.3 is 6.09 Å². The molecular weight excluding hydrogens is 340 g/mol. The number of aliphatic hydroxyl groups is 1. The lowest BCUT2D eigenvalue weighted by molar-refractivity contribution is -0.0637. The highest BCUT2D eigenvalue weighted by Crippen LogP contribution is 2.36. The van der Waals surface area contributed by atoms with Gasteiger partial charge in [0.25, 0.3) is 0 Å². The molecule has 0 spiro atoms. The van der Waals surface area contributed by atoms with Crippen LogP contribution in [0.4, 0.5) is 4.79 Å². The second-order valence-corrected chi connectivity index (χ2v) is 8.27. The van der Waals surface area contributed by atoms with Crippen LogP contribution < -0.4 is 0 Å². The molecule has 130 valence electrons. The standard InChI is InChI=1S/C15H23ClN2O4S/c1-14(2,3)22-13(20)18-9(7-21-15(18,4)5)6-10(19)11-12(16)17-8-23-11/h8-10,19H,6-7H2,1-5H3/t9-,10+/m0/s1. The van der Waals surface area contributed by atoms with Crippen LogP contribution in [0.25, 0.3) is 0 Å². The summed E-state index contributed by atoms with van der Waals surface area (Å²) in [5.41, 5.74) is 0.200. The minimum absolute atomic E-state index is 0.296. The number of hydrogen-bond acceptors (Lipinski definition) is 6. The summed E-state index contributed by atoms with van der Waals surface area (Å²) in [5, 5.41) is 10.7. The molecule has 1 aliphatic rings. The van der Waals surface area contributed by atoms with E-state index in [4.69, 9.17) is 21.1 Å². The first-order valence-corrected chi connectivity index (χ1v) is 8.70. The van der Waals surface area contributed by atoms with Crippen molar-refractivity contribution in [3.63, 3.8) is 0 Å². The molecule has 6 nitrogen and oxygen atoms in total. The quantitative estimate of drug-likeness (QED) is 0.889. The Labute approximate surface area is 145 Å². The number of ether oxygens (including phenoxy) is 2. The summed E-state index contributed by atoms with van der Waals surface area (Å²) in [7, 11) is 0. The Kier molecular flexibility index (Phi) is 5.25. The third-order valence-corrected chi connectivity index (χ3v) is 4.85. The topological polar surface area (TPSA) is 71.9 Å². The zero-order valence-electron chi connectivity index (χ0n) is 14.0. The van der Waals surface area contributed by atoms with Gasteiger partial charge in [0.05, 0.1) is 29.1 Å². The maximum absolute atomic E-state index is 12.5. The van der Waals surface area contributed by atoms with Gasteiger partial charge in [0.2, 0.25) is 0 Å². The van der Waals surface area contributed by atoms with Crippen LogP contribution in [0.1, 0.15) is 52.0 Å². The number of rotatable bonds is 3. The SMILES string of the molecule is CC(C)(C)OC(=O)N1[C@@H](C[C@@H](O)c2scnc2Cl)COC1(C)C. The number of carbonyl (C=O) groups excluding carboxylic acids is 1. The summed E-state index contributed by atoms with van der Waals surface area (Å²) in [4.78, 5) is 18.6. The molecule has 1 aromatic heterocycles. The predicted octanol–water partition coefficient (Wildman–Crippen LogP) is 3.59. The Bertz CT molecular complexity index is 570. The Morgan fingerprint density at radius 2 is 2.30 bits per heavy atom. The van der Waals surface area contributed by atoms with Crippen molar-refractivity contribution in [3.8, 4) is 0 Å². The number of halogens is 1.